The summed E-state index contributed by atoms with van der Waals surface area (Å²) in [5.74, 6) is 0.808. The summed E-state index contributed by atoms with van der Waals surface area (Å²) >= 11 is 0. The fourth-order valence-electron chi connectivity index (χ4n) is 1.78. The van der Waals surface area contributed by atoms with Crippen LogP contribution in [-0.2, 0) is 16.0 Å². The van der Waals surface area contributed by atoms with Crippen LogP contribution in [0, 0.1) is 5.92 Å². The molecule has 2 N–H and O–H groups in total. The standard InChI is InChI=1S/C16H25NO3/c1-13(2)12-20-11-5-10-17-16(19)9-8-14-6-3-4-7-15(14)18/h3-4,6-7,13,18H,5,8-12H2,1-2H3,(H,17,19). The molecule has 0 aliphatic heterocycles. The molecule has 1 aromatic rings. The molecule has 0 saturated heterocycles. The molecule has 0 unspecified atom stereocenters. The fraction of sp³-hybridized carbons (Fsp3) is 0.562. The molecule has 0 heterocycles. The molecule has 112 valence electrons. The highest BCUT2D eigenvalue weighted by Crippen LogP contribution is 2.16. The van der Waals surface area contributed by atoms with Gasteiger partial charge in [-0.3, -0.25) is 4.79 Å². The molecule has 0 radical (unpaired) electrons. The van der Waals surface area contributed by atoms with E-state index in [1.165, 1.54) is 0 Å². The van der Waals surface area contributed by atoms with Gasteiger partial charge in [-0.1, -0.05) is 32.0 Å². The lowest BCUT2D eigenvalue weighted by atomic mass is 10.1. The van der Waals surface area contributed by atoms with Gasteiger partial charge >= 0.3 is 0 Å². The van der Waals surface area contributed by atoms with E-state index in [-0.39, 0.29) is 11.7 Å². The topological polar surface area (TPSA) is 58.6 Å². The first-order valence-corrected chi connectivity index (χ1v) is 7.21. The van der Waals surface area contributed by atoms with E-state index in [4.69, 9.17) is 4.74 Å². The van der Waals surface area contributed by atoms with Crippen LogP contribution in [0.2, 0.25) is 0 Å². The molecule has 1 amide bonds. The summed E-state index contributed by atoms with van der Waals surface area (Å²) in [6.07, 6.45) is 1.78. The van der Waals surface area contributed by atoms with E-state index in [0.717, 1.165) is 18.6 Å². The van der Waals surface area contributed by atoms with E-state index in [9.17, 15) is 9.90 Å². The lowest BCUT2D eigenvalue weighted by Gasteiger charge is -2.08. The number of carbonyl (C=O) groups is 1. The van der Waals surface area contributed by atoms with Crippen LogP contribution >= 0.6 is 0 Å². The molecule has 0 saturated carbocycles. The van der Waals surface area contributed by atoms with E-state index in [0.29, 0.717) is 31.9 Å². The quantitative estimate of drug-likeness (QED) is 0.683. The molecule has 0 spiro atoms. The molecular weight excluding hydrogens is 254 g/mol. The third-order valence-electron chi connectivity index (χ3n) is 2.85. The number of carbonyl (C=O) groups excluding carboxylic acids is 1. The van der Waals surface area contributed by atoms with Crippen LogP contribution in [0.1, 0.15) is 32.3 Å². The van der Waals surface area contributed by atoms with Crippen LogP contribution in [0.15, 0.2) is 24.3 Å². The number of para-hydroxylation sites is 1. The highest BCUT2D eigenvalue weighted by atomic mass is 16.5. The average Bonchev–Trinajstić information content (AvgIpc) is 2.41. The number of hydrogen-bond donors (Lipinski definition) is 2. The van der Waals surface area contributed by atoms with Gasteiger partial charge in [0.2, 0.25) is 5.91 Å². The molecule has 0 fully saturated rings. The van der Waals surface area contributed by atoms with E-state index >= 15 is 0 Å². The number of aryl methyl sites for hydroxylation is 1. The zero-order valence-electron chi connectivity index (χ0n) is 12.4. The van der Waals surface area contributed by atoms with Crippen molar-refractivity contribution in [3.63, 3.8) is 0 Å². The maximum atomic E-state index is 11.6. The number of rotatable bonds is 9. The van der Waals surface area contributed by atoms with Gasteiger partial charge in [0, 0.05) is 26.2 Å². The number of ether oxygens (including phenoxy) is 1. The number of hydrogen-bond acceptors (Lipinski definition) is 3. The number of aromatic hydroxyl groups is 1. The summed E-state index contributed by atoms with van der Waals surface area (Å²) in [7, 11) is 0. The summed E-state index contributed by atoms with van der Waals surface area (Å²) < 4.78 is 5.44. The maximum absolute atomic E-state index is 11.6. The molecule has 1 aromatic carbocycles. The Morgan fingerprint density at radius 1 is 1.35 bits per heavy atom. The Kier molecular flexibility index (Phi) is 7.73. The maximum Gasteiger partial charge on any atom is 0.220 e. The van der Waals surface area contributed by atoms with Gasteiger partial charge in [-0.15, -0.1) is 0 Å². The molecule has 1 rings (SSSR count). The Hall–Kier alpha value is -1.55. The molecule has 20 heavy (non-hydrogen) atoms. The first-order valence-electron chi connectivity index (χ1n) is 7.21. The van der Waals surface area contributed by atoms with Crippen LogP contribution in [0.25, 0.3) is 0 Å². The third-order valence-corrected chi connectivity index (χ3v) is 2.85. The zero-order valence-corrected chi connectivity index (χ0v) is 12.4. The predicted octanol–water partition coefficient (Wildman–Crippen LogP) is 2.50. The van der Waals surface area contributed by atoms with E-state index in [2.05, 4.69) is 19.2 Å². The number of benzene rings is 1. The second kappa shape index (κ2) is 9.37. The Bertz CT molecular complexity index is 404. The molecule has 0 aliphatic carbocycles. The normalized spacial score (nSPS) is 10.8. The largest absolute Gasteiger partial charge is 0.508 e. The van der Waals surface area contributed by atoms with E-state index in [1.807, 2.05) is 12.1 Å². The average molecular weight is 279 g/mol. The van der Waals surface area contributed by atoms with Crippen molar-refractivity contribution in [1.82, 2.24) is 5.32 Å². The van der Waals surface area contributed by atoms with Crippen LogP contribution in [0.5, 0.6) is 5.75 Å². The van der Waals surface area contributed by atoms with Gasteiger partial charge in [0.1, 0.15) is 5.75 Å². The van der Waals surface area contributed by atoms with Gasteiger partial charge in [0.15, 0.2) is 0 Å². The fourth-order valence-corrected chi connectivity index (χ4v) is 1.78. The first-order chi connectivity index (χ1) is 9.59. The van der Waals surface area contributed by atoms with Crippen molar-refractivity contribution in [3.8, 4) is 5.75 Å². The van der Waals surface area contributed by atoms with Crippen molar-refractivity contribution >= 4 is 5.91 Å². The van der Waals surface area contributed by atoms with Crippen molar-refractivity contribution in [3.05, 3.63) is 29.8 Å². The number of amides is 1. The van der Waals surface area contributed by atoms with Crippen molar-refractivity contribution in [2.24, 2.45) is 5.92 Å². The Balaban J connectivity index is 2.08. The number of phenolic OH excluding ortho intramolecular Hbond substituents is 1. The Morgan fingerprint density at radius 3 is 2.80 bits per heavy atom. The van der Waals surface area contributed by atoms with E-state index in [1.54, 1.807) is 12.1 Å². The number of nitrogens with one attached hydrogen (secondary N) is 1. The highest BCUT2D eigenvalue weighted by Gasteiger charge is 2.04. The Labute approximate surface area is 121 Å². The van der Waals surface area contributed by atoms with Gasteiger partial charge in [-0.25, -0.2) is 0 Å². The van der Waals surface area contributed by atoms with Crippen LogP contribution in [0.4, 0.5) is 0 Å². The third kappa shape index (κ3) is 7.14. The van der Waals surface area contributed by atoms with Gasteiger partial charge in [-0.05, 0) is 30.4 Å². The van der Waals surface area contributed by atoms with E-state index < -0.39 is 0 Å². The highest BCUT2D eigenvalue weighted by molar-refractivity contribution is 5.76. The van der Waals surface area contributed by atoms with Crippen molar-refractivity contribution in [2.75, 3.05) is 19.8 Å². The van der Waals surface area contributed by atoms with Crippen LogP contribution in [-0.4, -0.2) is 30.8 Å². The van der Waals surface area contributed by atoms with Gasteiger partial charge in [-0.2, -0.15) is 0 Å². The summed E-state index contributed by atoms with van der Waals surface area (Å²) in [6.45, 7) is 6.30. The number of phenols is 1. The lowest BCUT2D eigenvalue weighted by Crippen LogP contribution is -2.25. The summed E-state index contributed by atoms with van der Waals surface area (Å²) in [4.78, 5) is 11.6. The van der Waals surface area contributed by atoms with Crippen molar-refractivity contribution in [1.29, 1.82) is 0 Å². The lowest BCUT2D eigenvalue weighted by molar-refractivity contribution is -0.121. The molecular formula is C16H25NO3. The zero-order chi connectivity index (χ0) is 14.8. The van der Waals surface area contributed by atoms with Crippen LogP contribution < -0.4 is 5.32 Å². The Morgan fingerprint density at radius 2 is 2.10 bits per heavy atom. The summed E-state index contributed by atoms with van der Waals surface area (Å²) in [6, 6.07) is 7.11. The van der Waals surface area contributed by atoms with Crippen molar-refractivity contribution in [2.45, 2.75) is 33.1 Å². The SMILES string of the molecule is CC(C)COCCCNC(=O)CCc1ccccc1O. The van der Waals surface area contributed by atoms with Crippen molar-refractivity contribution < 1.29 is 14.6 Å². The molecule has 0 aromatic heterocycles. The molecule has 0 aliphatic rings. The molecule has 0 atom stereocenters. The smallest absolute Gasteiger partial charge is 0.220 e. The van der Waals surface area contributed by atoms with Gasteiger partial charge in [0.25, 0.3) is 0 Å². The summed E-state index contributed by atoms with van der Waals surface area (Å²) in [5, 5.41) is 12.5. The minimum atomic E-state index is 0.0112. The van der Waals surface area contributed by atoms with Gasteiger partial charge < -0.3 is 15.2 Å². The minimum absolute atomic E-state index is 0.0112. The minimum Gasteiger partial charge on any atom is -0.508 e. The second-order valence-corrected chi connectivity index (χ2v) is 5.30. The second-order valence-electron chi connectivity index (χ2n) is 5.30. The molecule has 4 heteroatoms. The molecule has 4 nitrogen and oxygen atoms in total. The monoisotopic (exact) mass is 279 g/mol. The predicted molar refractivity (Wildman–Crippen MR) is 79.7 cm³/mol. The van der Waals surface area contributed by atoms with Crippen LogP contribution in [0.3, 0.4) is 0 Å². The van der Waals surface area contributed by atoms with Gasteiger partial charge in [0.05, 0.1) is 0 Å². The first kappa shape index (κ1) is 16.5. The molecule has 0 bridgehead atoms. The summed E-state index contributed by atoms with van der Waals surface area (Å²) in [5.41, 5.74) is 0.808.